The minimum atomic E-state index is -0.0241. The van der Waals surface area contributed by atoms with Crippen LogP contribution >= 0.6 is 0 Å². The Morgan fingerprint density at radius 1 is 1.26 bits per heavy atom. The van der Waals surface area contributed by atoms with E-state index in [1.807, 2.05) is 6.07 Å². The first-order valence-corrected chi connectivity index (χ1v) is 6.90. The van der Waals surface area contributed by atoms with Crippen LogP contribution in [0.4, 0.5) is 0 Å². The summed E-state index contributed by atoms with van der Waals surface area (Å²) in [6.07, 6.45) is 3.52. The van der Waals surface area contributed by atoms with Crippen molar-refractivity contribution < 1.29 is 0 Å². The molecule has 0 unspecified atom stereocenters. The highest BCUT2D eigenvalue weighted by Gasteiger charge is 2.27. The quantitative estimate of drug-likeness (QED) is 0.809. The van der Waals surface area contributed by atoms with Gasteiger partial charge in [-0.05, 0) is 31.4 Å². The van der Waals surface area contributed by atoms with Gasteiger partial charge in [-0.2, -0.15) is 10.5 Å². The fraction of sp³-hybridized carbons (Fsp3) is 0.500. The van der Waals surface area contributed by atoms with Crippen molar-refractivity contribution in [1.82, 2.24) is 4.90 Å². The van der Waals surface area contributed by atoms with E-state index in [1.165, 1.54) is 18.4 Å². The maximum atomic E-state index is 9.18. The van der Waals surface area contributed by atoms with Gasteiger partial charge in [-0.15, -0.1) is 0 Å². The Bertz CT molecular complexity index is 469. The highest BCUT2D eigenvalue weighted by Crippen LogP contribution is 2.32. The van der Waals surface area contributed by atoms with Gasteiger partial charge in [-0.25, -0.2) is 0 Å². The average Bonchev–Trinajstić information content (AvgIpc) is 2.92. The van der Waals surface area contributed by atoms with Crippen molar-refractivity contribution >= 4 is 0 Å². The van der Waals surface area contributed by atoms with Gasteiger partial charge in [0.15, 0.2) is 0 Å². The van der Waals surface area contributed by atoms with Crippen LogP contribution in [-0.4, -0.2) is 18.0 Å². The van der Waals surface area contributed by atoms with Gasteiger partial charge in [0.1, 0.15) is 0 Å². The predicted octanol–water partition coefficient (Wildman–Crippen LogP) is 3.27. The molecule has 0 spiro atoms. The third-order valence-corrected chi connectivity index (χ3v) is 3.79. The first kappa shape index (κ1) is 13.6. The summed E-state index contributed by atoms with van der Waals surface area (Å²) in [5.41, 5.74) is 1.34. The zero-order valence-corrected chi connectivity index (χ0v) is 11.1. The van der Waals surface area contributed by atoms with Gasteiger partial charge in [0.05, 0.1) is 18.1 Å². The molecule has 3 heteroatoms. The fourth-order valence-electron chi connectivity index (χ4n) is 2.82. The Hall–Kier alpha value is -1.84. The lowest BCUT2D eigenvalue weighted by Gasteiger charge is -2.26. The maximum absolute atomic E-state index is 9.18. The molecule has 3 nitrogen and oxygen atoms in total. The SMILES string of the molecule is N#CCC[C@H](C#N)CN1CCC[C@@H]1c1ccccc1. The van der Waals surface area contributed by atoms with Crippen molar-refractivity contribution in [2.75, 3.05) is 13.1 Å². The van der Waals surface area contributed by atoms with Gasteiger partial charge < -0.3 is 0 Å². The van der Waals surface area contributed by atoms with Crippen molar-refractivity contribution in [2.45, 2.75) is 31.7 Å². The van der Waals surface area contributed by atoms with Crippen LogP contribution in [0.3, 0.4) is 0 Å². The van der Waals surface area contributed by atoms with Gasteiger partial charge >= 0.3 is 0 Å². The van der Waals surface area contributed by atoms with E-state index in [0.29, 0.717) is 18.9 Å². The summed E-state index contributed by atoms with van der Waals surface area (Å²) in [7, 11) is 0. The summed E-state index contributed by atoms with van der Waals surface area (Å²) in [6, 6.07) is 15.4. The summed E-state index contributed by atoms with van der Waals surface area (Å²) in [4.78, 5) is 2.40. The average molecular weight is 253 g/mol. The molecule has 1 heterocycles. The molecule has 2 atom stereocenters. The molecule has 1 aromatic carbocycles. The van der Waals surface area contributed by atoms with Crippen LogP contribution in [0.5, 0.6) is 0 Å². The summed E-state index contributed by atoms with van der Waals surface area (Å²) in [5, 5.41) is 17.8. The van der Waals surface area contributed by atoms with Gasteiger partial charge in [0, 0.05) is 19.0 Å². The molecule has 19 heavy (non-hydrogen) atoms. The fourth-order valence-corrected chi connectivity index (χ4v) is 2.82. The standard InChI is InChI=1S/C16H19N3/c17-10-4-6-14(12-18)13-19-11-5-9-16(19)15-7-2-1-3-8-15/h1-3,7-8,14,16H,4-6,9,11,13H2/t14-,16-/m1/s1. The van der Waals surface area contributed by atoms with Crippen LogP contribution in [0, 0.1) is 28.6 Å². The van der Waals surface area contributed by atoms with Crippen LogP contribution in [0.25, 0.3) is 0 Å². The third-order valence-electron chi connectivity index (χ3n) is 3.79. The molecule has 2 rings (SSSR count). The van der Waals surface area contributed by atoms with Gasteiger partial charge in [0.25, 0.3) is 0 Å². The molecule has 1 aliphatic rings. The Morgan fingerprint density at radius 2 is 2.05 bits per heavy atom. The van der Waals surface area contributed by atoms with Crippen LogP contribution in [0.15, 0.2) is 30.3 Å². The minimum Gasteiger partial charge on any atom is -0.295 e. The molecule has 1 aliphatic heterocycles. The number of rotatable bonds is 5. The topological polar surface area (TPSA) is 50.8 Å². The summed E-state index contributed by atoms with van der Waals surface area (Å²) < 4.78 is 0. The summed E-state index contributed by atoms with van der Waals surface area (Å²) in [5.74, 6) is -0.0241. The van der Waals surface area contributed by atoms with Gasteiger partial charge in [-0.3, -0.25) is 4.90 Å². The Morgan fingerprint density at radius 3 is 2.74 bits per heavy atom. The number of hydrogen-bond donors (Lipinski definition) is 0. The van der Waals surface area contributed by atoms with E-state index in [0.717, 1.165) is 13.1 Å². The second-order valence-corrected chi connectivity index (χ2v) is 5.09. The van der Waals surface area contributed by atoms with E-state index in [9.17, 15) is 5.26 Å². The van der Waals surface area contributed by atoms with Crippen molar-refractivity contribution in [3.8, 4) is 12.1 Å². The van der Waals surface area contributed by atoms with E-state index >= 15 is 0 Å². The highest BCUT2D eigenvalue weighted by molar-refractivity contribution is 5.20. The molecule has 1 saturated heterocycles. The van der Waals surface area contributed by atoms with Gasteiger partial charge in [-0.1, -0.05) is 30.3 Å². The number of nitrogens with zero attached hydrogens (tertiary/aromatic N) is 3. The molecule has 1 fully saturated rings. The lowest BCUT2D eigenvalue weighted by molar-refractivity contribution is 0.231. The van der Waals surface area contributed by atoms with Crippen molar-refractivity contribution in [3.05, 3.63) is 35.9 Å². The summed E-state index contributed by atoms with van der Waals surface area (Å²) in [6.45, 7) is 1.85. The van der Waals surface area contributed by atoms with Gasteiger partial charge in [0.2, 0.25) is 0 Å². The van der Waals surface area contributed by atoms with Crippen LogP contribution in [0.1, 0.15) is 37.3 Å². The first-order valence-electron chi connectivity index (χ1n) is 6.90. The van der Waals surface area contributed by atoms with E-state index in [1.54, 1.807) is 0 Å². The predicted molar refractivity (Wildman–Crippen MR) is 73.9 cm³/mol. The second kappa shape index (κ2) is 6.92. The first-order chi connectivity index (χ1) is 9.35. The molecular formula is C16H19N3. The molecular weight excluding hydrogens is 234 g/mol. The molecule has 98 valence electrons. The lowest BCUT2D eigenvalue weighted by atomic mass is 10.0. The van der Waals surface area contributed by atoms with E-state index in [4.69, 9.17) is 5.26 Å². The van der Waals surface area contributed by atoms with Crippen LogP contribution < -0.4 is 0 Å². The van der Waals surface area contributed by atoms with Crippen molar-refractivity contribution in [1.29, 1.82) is 10.5 Å². The molecule has 0 amide bonds. The van der Waals surface area contributed by atoms with E-state index < -0.39 is 0 Å². The van der Waals surface area contributed by atoms with Crippen LogP contribution in [-0.2, 0) is 0 Å². The minimum absolute atomic E-state index is 0.0241. The summed E-state index contributed by atoms with van der Waals surface area (Å²) >= 11 is 0. The zero-order valence-electron chi connectivity index (χ0n) is 11.1. The van der Waals surface area contributed by atoms with Crippen LogP contribution in [0.2, 0.25) is 0 Å². The normalized spacial score (nSPS) is 20.6. The van der Waals surface area contributed by atoms with E-state index in [2.05, 4.69) is 41.3 Å². The van der Waals surface area contributed by atoms with Crippen molar-refractivity contribution in [3.63, 3.8) is 0 Å². The smallest absolute Gasteiger partial charge is 0.0669 e. The molecule has 0 bridgehead atoms. The second-order valence-electron chi connectivity index (χ2n) is 5.09. The Kier molecular flexibility index (Phi) is 4.95. The number of likely N-dealkylation sites (tertiary alicyclic amines) is 1. The monoisotopic (exact) mass is 253 g/mol. The van der Waals surface area contributed by atoms with Crippen molar-refractivity contribution in [2.24, 2.45) is 5.92 Å². The molecule has 0 N–H and O–H groups in total. The highest BCUT2D eigenvalue weighted by atomic mass is 15.2. The molecule has 1 aromatic rings. The Balaban J connectivity index is 1.99. The Labute approximate surface area is 115 Å². The van der Waals surface area contributed by atoms with E-state index in [-0.39, 0.29) is 5.92 Å². The largest absolute Gasteiger partial charge is 0.295 e. The molecule has 0 aliphatic carbocycles. The number of benzene rings is 1. The maximum Gasteiger partial charge on any atom is 0.0669 e. The molecule has 0 radical (unpaired) electrons. The zero-order chi connectivity index (χ0) is 13.5. The molecule has 0 aromatic heterocycles. The lowest BCUT2D eigenvalue weighted by Crippen LogP contribution is -2.28. The molecule has 0 saturated carbocycles. The number of hydrogen-bond acceptors (Lipinski definition) is 3. The third kappa shape index (κ3) is 3.56. The number of nitriles is 2.